The fraction of sp³-hybridized carbons (Fsp3) is 0.257. The van der Waals surface area contributed by atoms with Crippen LogP contribution in [0.3, 0.4) is 0 Å². The van der Waals surface area contributed by atoms with E-state index in [1.54, 1.807) is 43.3 Å². The van der Waals surface area contributed by atoms with Crippen molar-refractivity contribution in [3.05, 3.63) is 131 Å². The molecule has 0 spiro atoms. The van der Waals surface area contributed by atoms with Crippen LogP contribution in [-0.4, -0.2) is 44.3 Å². The van der Waals surface area contributed by atoms with Crippen LogP contribution in [-0.2, 0) is 32.6 Å². The first kappa shape index (κ1) is 32.4. The molecule has 0 radical (unpaired) electrons. The molecule has 4 aromatic rings. The molecule has 0 aromatic heterocycles. The lowest BCUT2D eigenvalue weighted by molar-refractivity contribution is -0.140. The third kappa shape index (κ3) is 7.90. The normalized spacial score (nSPS) is 11.9. The average molecular weight is 616 g/mol. The molecule has 0 bridgehead atoms. The Balaban J connectivity index is 1.81. The maximum atomic E-state index is 14.4. The molecule has 4 aromatic carbocycles. The van der Waals surface area contributed by atoms with Crippen LogP contribution < -0.4 is 9.62 Å². The number of carbonyl (C=O) groups excluding carboxylic acids is 2. The van der Waals surface area contributed by atoms with E-state index in [1.807, 2.05) is 57.2 Å². The second kappa shape index (κ2) is 14.3. The predicted octanol–water partition coefficient (Wildman–Crippen LogP) is 5.72. The molecule has 1 N–H and O–H groups in total. The molecule has 4 rings (SSSR count). The van der Waals surface area contributed by atoms with Gasteiger partial charge in [0.2, 0.25) is 11.8 Å². The second-order valence-corrected chi connectivity index (χ2v) is 12.7. The molecule has 0 saturated heterocycles. The molecule has 0 aliphatic rings. The highest BCUT2D eigenvalue weighted by Crippen LogP contribution is 2.27. The van der Waals surface area contributed by atoms with Crippen LogP contribution in [0.15, 0.2) is 102 Å². The first-order valence-corrected chi connectivity index (χ1v) is 16.0. The summed E-state index contributed by atoms with van der Waals surface area (Å²) in [5.41, 5.74) is 4.51. The van der Waals surface area contributed by atoms with Crippen LogP contribution in [0.1, 0.15) is 34.7 Å². The van der Waals surface area contributed by atoms with E-state index in [9.17, 15) is 22.4 Å². The van der Waals surface area contributed by atoms with Gasteiger partial charge in [-0.15, -0.1) is 0 Å². The van der Waals surface area contributed by atoms with E-state index in [0.717, 1.165) is 26.6 Å². The fourth-order valence-electron chi connectivity index (χ4n) is 4.88. The molecule has 1 atom stereocenters. The number of benzene rings is 4. The summed E-state index contributed by atoms with van der Waals surface area (Å²) in [5, 5.41) is 2.83. The van der Waals surface area contributed by atoms with Gasteiger partial charge in [0.25, 0.3) is 10.0 Å². The van der Waals surface area contributed by atoms with Crippen molar-refractivity contribution in [2.75, 3.05) is 17.4 Å². The van der Waals surface area contributed by atoms with Crippen molar-refractivity contribution in [3.63, 3.8) is 0 Å². The summed E-state index contributed by atoms with van der Waals surface area (Å²) in [5.74, 6) is -1.37. The van der Waals surface area contributed by atoms with Gasteiger partial charge in [0.05, 0.1) is 10.6 Å². The van der Waals surface area contributed by atoms with Gasteiger partial charge in [-0.3, -0.25) is 13.9 Å². The molecule has 44 heavy (non-hydrogen) atoms. The topological polar surface area (TPSA) is 86.8 Å². The average Bonchev–Trinajstić information content (AvgIpc) is 3.00. The van der Waals surface area contributed by atoms with Gasteiger partial charge in [0.15, 0.2) is 0 Å². The Kier molecular flexibility index (Phi) is 10.5. The number of nitrogens with zero attached hydrogens (tertiary/aromatic N) is 2. The summed E-state index contributed by atoms with van der Waals surface area (Å²) in [4.78, 5) is 29.4. The molecule has 0 aliphatic carbocycles. The Morgan fingerprint density at radius 1 is 0.818 bits per heavy atom. The van der Waals surface area contributed by atoms with Gasteiger partial charge < -0.3 is 10.2 Å². The van der Waals surface area contributed by atoms with Crippen LogP contribution in [0.4, 0.5) is 10.1 Å². The quantitative estimate of drug-likeness (QED) is 0.221. The number of rotatable bonds is 12. The molecule has 1 unspecified atom stereocenters. The number of hydrogen-bond acceptors (Lipinski definition) is 4. The predicted molar refractivity (Wildman–Crippen MR) is 171 cm³/mol. The van der Waals surface area contributed by atoms with Crippen molar-refractivity contribution in [2.45, 2.75) is 51.6 Å². The SMILES string of the molecule is CCNC(=O)C(Cc1ccccc1)N(Cc1ccc(F)cc1)C(=O)CN(c1ccc(C)c(C)c1)S(=O)(=O)c1ccc(C)cc1. The van der Waals surface area contributed by atoms with Crippen LogP contribution in [0.2, 0.25) is 0 Å². The van der Waals surface area contributed by atoms with Crippen LogP contribution in [0, 0.1) is 26.6 Å². The minimum absolute atomic E-state index is 0.0287. The number of likely N-dealkylation sites (N-methyl/N-ethyl adjacent to an activating group) is 1. The highest BCUT2D eigenvalue weighted by Gasteiger charge is 2.34. The molecular formula is C35H38FN3O4S. The van der Waals surface area contributed by atoms with E-state index in [2.05, 4.69) is 5.32 Å². The van der Waals surface area contributed by atoms with Crippen molar-refractivity contribution in [1.82, 2.24) is 10.2 Å². The van der Waals surface area contributed by atoms with E-state index >= 15 is 0 Å². The molecule has 2 amide bonds. The summed E-state index contributed by atoms with van der Waals surface area (Å²) < 4.78 is 43.1. The lowest BCUT2D eigenvalue weighted by atomic mass is 10.0. The van der Waals surface area contributed by atoms with Gasteiger partial charge in [-0.2, -0.15) is 0 Å². The van der Waals surface area contributed by atoms with Gasteiger partial charge in [-0.1, -0.05) is 66.2 Å². The van der Waals surface area contributed by atoms with Crippen molar-refractivity contribution in [3.8, 4) is 0 Å². The Bertz CT molecular complexity index is 1690. The summed E-state index contributed by atoms with van der Waals surface area (Å²) in [6.07, 6.45) is 0.202. The smallest absolute Gasteiger partial charge is 0.264 e. The number of anilines is 1. The van der Waals surface area contributed by atoms with E-state index < -0.39 is 34.3 Å². The molecular weight excluding hydrogens is 577 g/mol. The van der Waals surface area contributed by atoms with Gasteiger partial charge >= 0.3 is 0 Å². The number of sulfonamides is 1. The maximum absolute atomic E-state index is 14.4. The van der Waals surface area contributed by atoms with E-state index in [0.29, 0.717) is 17.8 Å². The van der Waals surface area contributed by atoms with Crippen molar-refractivity contribution in [1.29, 1.82) is 0 Å². The Hall–Kier alpha value is -4.50. The molecule has 0 aliphatic heterocycles. The summed E-state index contributed by atoms with van der Waals surface area (Å²) in [6, 6.07) is 25.7. The number of hydrogen-bond donors (Lipinski definition) is 1. The zero-order valence-electron chi connectivity index (χ0n) is 25.5. The number of amides is 2. The fourth-order valence-corrected chi connectivity index (χ4v) is 6.29. The molecule has 230 valence electrons. The molecule has 9 heteroatoms. The summed E-state index contributed by atoms with van der Waals surface area (Å²) in [7, 11) is -4.19. The van der Waals surface area contributed by atoms with Crippen molar-refractivity contribution < 1.29 is 22.4 Å². The Morgan fingerprint density at radius 3 is 2.09 bits per heavy atom. The Morgan fingerprint density at radius 2 is 1.48 bits per heavy atom. The summed E-state index contributed by atoms with van der Waals surface area (Å²) >= 11 is 0. The number of halogens is 1. The molecule has 0 saturated carbocycles. The molecule has 0 fully saturated rings. The molecule has 7 nitrogen and oxygen atoms in total. The second-order valence-electron chi connectivity index (χ2n) is 10.8. The van der Waals surface area contributed by atoms with Gasteiger partial charge in [0.1, 0.15) is 18.4 Å². The van der Waals surface area contributed by atoms with E-state index in [4.69, 9.17) is 0 Å². The largest absolute Gasteiger partial charge is 0.355 e. The van der Waals surface area contributed by atoms with Crippen molar-refractivity contribution >= 4 is 27.5 Å². The number of nitrogens with one attached hydrogen (secondary N) is 1. The first-order valence-electron chi connectivity index (χ1n) is 14.5. The van der Waals surface area contributed by atoms with Crippen LogP contribution in [0.25, 0.3) is 0 Å². The Labute approximate surface area is 259 Å². The lowest BCUT2D eigenvalue weighted by Gasteiger charge is -2.34. The summed E-state index contributed by atoms with van der Waals surface area (Å²) in [6.45, 7) is 7.22. The molecule has 0 heterocycles. The highest BCUT2D eigenvalue weighted by atomic mass is 32.2. The monoisotopic (exact) mass is 615 g/mol. The zero-order chi connectivity index (χ0) is 31.9. The lowest BCUT2D eigenvalue weighted by Crippen LogP contribution is -2.53. The number of aryl methyl sites for hydroxylation is 3. The van der Waals surface area contributed by atoms with Crippen LogP contribution >= 0.6 is 0 Å². The van der Waals surface area contributed by atoms with Crippen molar-refractivity contribution in [2.24, 2.45) is 0 Å². The van der Waals surface area contributed by atoms with E-state index in [-0.39, 0.29) is 23.8 Å². The van der Waals surface area contributed by atoms with Gasteiger partial charge in [0, 0.05) is 19.5 Å². The minimum atomic E-state index is -4.19. The standard InChI is InChI=1S/C35H38FN3O4S/c1-5-37-35(41)33(22-28-9-7-6-8-10-28)38(23-29-14-16-30(36)17-15-29)34(40)24-39(31-18-13-26(3)27(4)21-31)44(42,43)32-19-11-25(2)12-20-32/h6-21,33H,5,22-24H2,1-4H3,(H,37,41). The third-order valence-corrected chi connectivity index (χ3v) is 9.34. The maximum Gasteiger partial charge on any atom is 0.264 e. The number of carbonyl (C=O) groups is 2. The first-order chi connectivity index (χ1) is 21.0. The van der Waals surface area contributed by atoms with E-state index in [1.165, 1.54) is 29.2 Å². The van der Waals surface area contributed by atoms with Gasteiger partial charge in [-0.05, 0) is 86.3 Å². The van der Waals surface area contributed by atoms with Crippen LogP contribution in [0.5, 0.6) is 0 Å². The zero-order valence-corrected chi connectivity index (χ0v) is 26.3. The van der Waals surface area contributed by atoms with Gasteiger partial charge in [-0.25, -0.2) is 12.8 Å². The minimum Gasteiger partial charge on any atom is -0.355 e. The third-order valence-electron chi connectivity index (χ3n) is 7.55. The highest BCUT2D eigenvalue weighted by molar-refractivity contribution is 7.92.